The van der Waals surface area contributed by atoms with E-state index in [0.29, 0.717) is 10.9 Å². The summed E-state index contributed by atoms with van der Waals surface area (Å²) in [7, 11) is 0. The van der Waals surface area contributed by atoms with Crippen LogP contribution >= 0.6 is 0 Å². The largest absolute Gasteiger partial charge is 0.461 e. The second-order valence-electron chi connectivity index (χ2n) is 5.03. The Kier molecular flexibility index (Phi) is 5.83. The van der Waals surface area contributed by atoms with Gasteiger partial charge in [0.1, 0.15) is 0 Å². The van der Waals surface area contributed by atoms with Gasteiger partial charge in [-0.05, 0) is 31.6 Å². The van der Waals surface area contributed by atoms with Crippen LogP contribution in [-0.2, 0) is 4.74 Å². The molecule has 0 saturated heterocycles. The number of hydrogen-bond donors (Lipinski definition) is 0. The van der Waals surface area contributed by atoms with Crippen LogP contribution in [0.1, 0.15) is 30.8 Å². The van der Waals surface area contributed by atoms with Gasteiger partial charge in [0.25, 0.3) is 0 Å². The lowest BCUT2D eigenvalue weighted by molar-refractivity contribution is 0.0477. The number of hydrogen-bond acceptors (Lipinski definition) is 4. The number of ether oxygens (including phenoxy) is 1. The van der Waals surface area contributed by atoms with Gasteiger partial charge in [-0.2, -0.15) is 0 Å². The molecule has 0 aliphatic rings. The van der Waals surface area contributed by atoms with Crippen LogP contribution in [-0.4, -0.2) is 42.1 Å². The van der Waals surface area contributed by atoms with Crippen molar-refractivity contribution in [2.45, 2.75) is 20.3 Å². The van der Waals surface area contributed by atoms with E-state index in [4.69, 9.17) is 4.74 Å². The number of halogens is 1. The number of esters is 1. The Morgan fingerprint density at radius 2 is 2.00 bits per heavy atom. The first-order valence-electron chi connectivity index (χ1n) is 7.60. The molecular formula is C17H21FN2O2. The maximum Gasteiger partial charge on any atom is 0.360 e. The molecule has 1 aromatic carbocycles. The van der Waals surface area contributed by atoms with Crippen LogP contribution in [0, 0.1) is 5.82 Å². The van der Waals surface area contributed by atoms with E-state index in [9.17, 15) is 9.18 Å². The average molecular weight is 304 g/mol. The van der Waals surface area contributed by atoms with E-state index in [1.54, 1.807) is 24.3 Å². The number of carbonyl (C=O) groups excluding carboxylic acids is 1. The fourth-order valence-corrected chi connectivity index (χ4v) is 2.29. The van der Waals surface area contributed by atoms with Gasteiger partial charge < -0.3 is 9.64 Å². The predicted molar refractivity (Wildman–Crippen MR) is 84.4 cm³/mol. The summed E-state index contributed by atoms with van der Waals surface area (Å²) in [6, 6.07) is 8.41. The Balaban J connectivity index is 1.96. The highest BCUT2D eigenvalue weighted by molar-refractivity contribution is 5.91. The summed E-state index contributed by atoms with van der Waals surface area (Å²) >= 11 is 0. The van der Waals surface area contributed by atoms with Gasteiger partial charge >= 0.3 is 5.97 Å². The Hall–Kier alpha value is -2.01. The molecule has 0 unspecified atom stereocenters. The number of pyridine rings is 1. The molecule has 118 valence electrons. The molecule has 2 rings (SSSR count). The molecule has 0 aliphatic carbocycles. The zero-order valence-corrected chi connectivity index (χ0v) is 13.0. The summed E-state index contributed by atoms with van der Waals surface area (Å²) in [6.45, 7) is 7.22. The fourth-order valence-electron chi connectivity index (χ4n) is 2.29. The normalized spacial score (nSPS) is 11.1. The minimum Gasteiger partial charge on any atom is -0.461 e. The zero-order valence-electron chi connectivity index (χ0n) is 13.0. The van der Waals surface area contributed by atoms with E-state index in [1.807, 2.05) is 0 Å². The number of para-hydroxylation sites is 1. The lowest BCUT2D eigenvalue weighted by atomic mass is 10.2. The highest BCUT2D eigenvalue weighted by Crippen LogP contribution is 2.16. The topological polar surface area (TPSA) is 42.4 Å². The maximum atomic E-state index is 13.9. The van der Waals surface area contributed by atoms with E-state index < -0.39 is 11.8 Å². The lowest BCUT2D eigenvalue weighted by Gasteiger charge is -2.17. The van der Waals surface area contributed by atoms with E-state index in [1.165, 1.54) is 6.07 Å². The lowest BCUT2D eigenvalue weighted by Crippen LogP contribution is -2.25. The first-order chi connectivity index (χ1) is 10.7. The minimum absolute atomic E-state index is 0.249. The van der Waals surface area contributed by atoms with Crippen LogP contribution in [0.25, 0.3) is 10.9 Å². The van der Waals surface area contributed by atoms with Gasteiger partial charge in [0.05, 0.1) is 12.1 Å². The van der Waals surface area contributed by atoms with Crippen molar-refractivity contribution in [3.63, 3.8) is 0 Å². The van der Waals surface area contributed by atoms with Crippen molar-refractivity contribution in [1.82, 2.24) is 9.88 Å². The van der Waals surface area contributed by atoms with Crippen LogP contribution < -0.4 is 0 Å². The molecule has 0 bridgehead atoms. The van der Waals surface area contributed by atoms with Gasteiger partial charge in [-0.3, -0.25) is 0 Å². The minimum atomic E-state index is -0.706. The van der Waals surface area contributed by atoms with Crippen molar-refractivity contribution >= 4 is 16.9 Å². The van der Waals surface area contributed by atoms with Crippen LogP contribution in [0.15, 0.2) is 30.3 Å². The molecule has 22 heavy (non-hydrogen) atoms. The number of fused-ring (bicyclic) bond motifs is 1. The smallest absolute Gasteiger partial charge is 0.360 e. The van der Waals surface area contributed by atoms with Crippen molar-refractivity contribution in [3.05, 3.63) is 41.8 Å². The molecule has 0 N–H and O–H groups in total. The molecule has 0 amide bonds. The van der Waals surface area contributed by atoms with Crippen LogP contribution in [0.5, 0.6) is 0 Å². The second-order valence-corrected chi connectivity index (χ2v) is 5.03. The Bertz CT molecular complexity index is 642. The number of nitrogens with zero attached hydrogens (tertiary/aromatic N) is 2. The van der Waals surface area contributed by atoms with E-state index >= 15 is 0 Å². The Morgan fingerprint density at radius 1 is 1.27 bits per heavy atom. The first kappa shape index (κ1) is 16.4. The molecule has 5 heteroatoms. The van der Waals surface area contributed by atoms with Crippen molar-refractivity contribution in [1.29, 1.82) is 0 Å². The summed E-state index contributed by atoms with van der Waals surface area (Å²) in [5.74, 6) is -1.35. The quantitative estimate of drug-likeness (QED) is 0.581. The third kappa shape index (κ3) is 4.01. The second kappa shape index (κ2) is 7.84. The molecule has 0 fully saturated rings. The summed E-state index contributed by atoms with van der Waals surface area (Å²) in [5, 5.41) is 0.665. The molecule has 0 atom stereocenters. The summed E-state index contributed by atoms with van der Waals surface area (Å²) in [4.78, 5) is 18.3. The van der Waals surface area contributed by atoms with Gasteiger partial charge in [0, 0.05) is 11.9 Å². The van der Waals surface area contributed by atoms with Gasteiger partial charge in [-0.1, -0.05) is 32.0 Å². The maximum absolute atomic E-state index is 13.9. The van der Waals surface area contributed by atoms with Crippen molar-refractivity contribution < 1.29 is 13.9 Å². The zero-order chi connectivity index (χ0) is 15.9. The molecule has 0 aliphatic heterocycles. The first-order valence-corrected chi connectivity index (χ1v) is 7.60. The van der Waals surface area contributed by atoms with E-state index in [-0.39, 0.29) is 12.3 Å². The highest BCUT2D eigenvalue weighted by Gasteiger charge is 2.16. The Labute approximate surface area is 129 Å². The van der Waals surface area contributed by atoms with Crippen molar-refractivity contribution in [2.24, 2.45) is 0 Å². The van der Waals surface area contributed by atoms with Gasteiger partial charge in [0.2, 0.25) is 0 Å². The molecular weight excluding hydrogens is 283 g/mol. The summed E-state index contributed by atoms with van der Waals surface area (Å²) in [6.07, 6.45) is 0.725. The van der Waals surface area contributed by atoms with E-state index in [2.05, 4.69) is 23.7 Å². The van der Waals surface area contributed by atoms with Gasteiger partial charge in [0.15, 0.2) is 11.5 Å². The number of aromatic nitrogens is 1. The number of carbonyl (C=O) groups is 1. The molecule has 0 saturated carbocycles. The van der Waals surface area contributed by atoms with Crippen molar-refractivity contribution in [2.75, 3.05) is 26.2 Å². The SMILES string of the molecule is CCN(CC)CCCOC(=O)c1nc2ccccc2cc1F. The third-order valence-corrected chi connectivity index (χ3v) is 3.62. The van der Waals surface area contributed by atoms with Crippen LogP contribution in [0.4, 0.5) is 4.39 Å². The Morgan fingerprint density at radius 3 is 2.73 bits per heavy atom. The number of benzene rings is 1. The molecule has 0 radical (unpaired) electrons. The highest BCUT2D eigenvalue weighted by atomic mass is 19.1. The molecule has 2 aromatic rings. The number of rotatable bonds is 7. The molecule has 4 nitrogen and oxygen atoms in total. The summed E-state index contributed by atoms with van der Waals surface area (Å²) in [5.41, 5.74) is 0.334. The standard InChI is InChI=1S/C17H21FN2O2/c1-3-20(4-2)10-7-11-22-17(21)16-14(18)12-13-8-5-6-9-15(13)19-16/h5-6,8-9,12H,3-4,7,10-11H2,1-2H3. The average Bonchev–Trinajstić information content (AvgIpc) is 2.54. The van der Waals surface area contributed by atoms with Crippen LogP contribution in [0.3, 0.4) is 0 Å². The molecule has 1 heterocycles. The molecule has 1 aromatic heterocycles. The van der Waals surface area contributed by atoms with Gasteiger partial charge in [-0.15, -0.1) is 0 Å². The fraction of sp³-hybridized carbons (Fsp3) is 0.412. The summed E-state index contributed by atoms with van der Waals surface area (Å²) < 4.78 is 19.1. The van der Waals surface area contributed by atoms with E-state index in [0.717, 1.165) is 26.1 Å². The molecule has 0 spiro atoms. The van der Waals surface area contributed by atoms with Crippen LogP contribution in [0.2, 0.25) is 0 Å². The predicted octanol–water partition coefficient (Wildman–Crippen LogP) is 3.26. The van der Waals surface area contributed by atoms with Crippen molar-refractivity contribution in [3.8, 4) is 0 Å². The third-order valence-electron chi connectivity index (χ3n) is 3.62. The van der Waals surface area contributed by atoms with Gasteiger partial charge in [-0.25, -0.2) is 14.2 Å². The monoisotopic (exact) mass is 304 g/mol.